The molecule has 0 aliphatic heterocycles. The predicted molar refractivity (Wildman–Crippen MR) is 108 cm³/mol. The number of unbranched alkanes of at least 4 members (excludes halogenated alkanes) is 9. The van der Waals surface area contributed by atoms with E-state index in [2.05, 4.69) is 33.6 Å². The molecular formula is C19H35N2O6P-2. The summed E-state index contributed by atoms with van der Waals surface area (Å²) in [6, 6.07) is -0.944. The normalized spacial score (nSPS) is 13.5. The highest BCUT2D eigenvalue weighted by molar-refractivity contribution is 7.46. The first kappa shape index (κ1) is 26.8. The van der Waals surface area contributed by atoms with Crippen LogP contribution < -0.4 is 10.2 Å². The van der Waals surface area contributed by atoms with Gasteiger partial charge in [-0.2, -0.15) is 0 Å². The third-order valence-corrected chi connectivity index (χ3v) is 4.49. The van der Waals surface area contributed by atoms with Crippen LogP contribution >= 0.6 is 7.82 Å². The lowest BCUT2D eigenvalue weighted by Gasteiger charge is -2.13. The van der Waals surface area contributed by atoms with Crippen LogP contribution in [0.15, 0.2) is 22.1 Å². The fourth-order valence-electron chi connectivity index (χ4n) is 2.49. The van der Waals surface area contributed by atoms with Gasteiger partial charge in [0.2, 0.25) is 0 Å². The predicted octanol–water partition coefficient (Wildman–Crippen LogP) is 2.83. The Hall–Kier alpha value is -1.21. The van der Waals surface area contributed by atoms with Crippen molar-refractivity contribution in [3.05, 3.63) is 12.2 Å². The zero-order chi connectivity index (χ0) is 21.1. The molecule has 0 unspecified atom stereocenters. The van der Waals surface area contributed by atoms with E-state index in [1.54, 1.807) is 0 Å². The van der Waals surface area contributed by atoms with Crippen LogP contribution in [-0.2, 0) is 9.09 Å². The molecule has 0 rings (SSSR count). The molecule has 9 heteroatoms. The number of rotatable bonds is 17. The van der Waals surface area contributed by atoms with E-state index in [9.17, 15) is 14.8 Å². The van der Waals surface area contributed by atoms with Crippen molar-refractivity contribution in [2.45, 2.75) is 84.0 Å². The molecule has 0 aliphatic carbocycles. The van der Waals surface area contributed by atoms with Gasteiger partial charge in [-0.05, 0) is 44.4 Å². The quantitative estimate of drug-likeness (QED) is 0.122. The van der Waals surface area contributed by atoms with Crippen molar-refractivity contribution >= 4 is 19.7 Å². The first-order valence-electron chi connectivity index (χ1n) is 10.2. The molecule has 8 nitrogen and oxygen atoms in total. The highest BCUT2D eigenvalue weighted by Crippen LogP contribution is 2.35. The lowest BCUT2D eigenvalue weighted by atomic mass is 10.1. The molecule has 0 heterocycles. The van der Waals surface area contributed by atoms with Gasteiger partial charge in [-0.3, -0.25) is 14.5 Å². The second kappa shape index (κ2) is 17.9. The topological polar surface area (TPSA) is 138 Å². The number of amidine groups is 1. The SMILES string of the molecule is CCCCCC/C=C\CCCCCCCC([O-])=NC([O-])=NCCOP(=O)(O)O. The molecule has 0 amide bonds. The van der Waals surface area contributed by atoms with E-state index in [-0.39, 0.29) is 13.0 Å². The van der Waals surface area contributed by atoms with Crippen molar-refractivity contribution in [3.8, 4) is 0 Å². The average Bonchev–Trinajstić information content (AvgIpc) is 2.62. The second-order valence-corrected chi connectivity index (χ2v) is 7.86. The minimum Gasteiger partial charge on any atom is -0.862 e. The van der Waals surface area contributed by atoms with Crippen LogP contribution in [0.4, 0.5) is 0 Å². The molecule has 0 fully saturated rings. The molecule has 0 radical (unpaired) electrons. The lowest BCUT2D eigenvalue weighted by molar-refractivity contribution is -0.228. The summed E-state index contributed by atoms with van der Waals surface area (Å²) >= 11 is 0. The van der Waals surface area contributed by atoms with Gasteiger partial charge in [0, 0.05) is 0 Å². The van der Waals surface area contributed by atoms with Gasteiger partial charge in [0.25, 0.3) is 0 Å². The maximum Gasteiger partial charge on any atom is 0.469 e. The van der Waals surface area contributed by atoms with Crippen molar-refractivity contribution in [2.75, 3.05) is 13.2 Å². The van der Waals surface area contributed by atoms with Gasteiger partial charge in [0.15, 0.2) is 0 Å². The third kappa shape index (κ3) is 21.1. The first-order chi connectivity index (χ1) is 13.3. The summed E-state index contributed by atoms with van der Waals surface area (Å²) < 4.78 is 14.5. The fraction of sp³-hybridized carbons (Fsp3) is 0.789. The van der Waals surface area contributed by atoms with Gasteiger partial charge in [-0.1, -0.05) is 57.6 Å². The average molecular weight is 418 g/mol. The third-order valence-electron chi connectivity index (χ3n) is 3.97. The number of phosphoric ester groups is 1. The number of hydrogen-bond donors (Lipinski definition) is 2. The summed E-state index contributed by atoms with van der Waals surface area (Å²) in [7, 11) is -4.56. The summed E-state index contributed by atoms with van der Waals surface area (Å²) in [5.74, 6) is -0.518. The van der Waals surface area contributed by atoms with Gasteiger partial charge in [-0.15, -0.1) is 0 Å². The number of phosphoric acid groups is 1. The van der Waals surface area contributed by atoms with Crippen molar-refractivity contribution in [1.29, 1.82) is 0 Å². The Morgan fingerprint density at radius 3 is 2.14 bits per heavy atom. The van der Waals surface area contributed by atoms with E-state index in [0.29, 0.717) is 6.42 Å². The van der Waals surface area contributed by atoms with E-state index in [1.165, 1.54) is 32.1 Å². The second-order valence-electron chi connectivity index (χ2n) is 6.62. The number of aliphatic imine (C=N–C) groups is 2. The molecule has 0 aromatic heterocycles. The Morgan fingerprint density at radius 1 is 0.964 bits per heavy atom. The molecule has 2 N–H and O–H groups in total. The van der Waals surface area contributed by atoms with Crippen molar-refractivity contribution in [2.24, 2.45) is 9.98 Å². The van der Waals surface area contributed by atoms with Crippen LogP contribution in [0.25, 0.3) is 0 Å². The Bertz CT molecular complexity index is 517. The Morgan fingerprint density at radius 2 is 1.54 bits per heavy atom. The van der Waals surface area contributed by atoms with E-state index in [4.69, 9.17) is 9.79 Å². The van der Waals surface area contributed by atoms with Gasteiger partial charge < -0.3 is 20.0 Å². The molecular weight excluding hydrogens is 383 g/mol. The number of nitrogens with zero attached hydrogens (tertiary/aromatic N) is 2. The van der Waals surface area contributed by atoms with Crippen LogP contribution in [0.5, 0.6) is 0 Å². The molecule has 0 bridgehead atoms. The summed E-state index contributed by atoms with van der Waals surface area (Å²) in [5.41, 5.74) is 0. The van der Waals surface area contributed by atoms with Crippen molar-refractivity contribution in [1.82, 2.24) is 0 Å². The molecule has 0 aromatic rings. The first-order valence-corrected chi connectivity index (χ1v) is 11.7. The van der Waals surface area contributed by atoms with E-state index >= 15 is 0 Å². The maximum absolute atomic E-state index is 11.5. The highest BCUT2D eigenvalue weighted by Gasteiger charge is 2.11. The van der Waals surface area contributed by atoms with Gasteiger partial charge in [-0.25, -0.2) is 4.57 Å². The van der Waals surface area contributed by atoms with Crippen LogP contribution in [0, 0.1) is 0 Å². The fourth-order valence-corrected chi connectivity index (χ4v) is 2.81. The summed E-state index contributed by atoms with van der Waals surface area (Å²) in [4.78, 5) is 23.6. The van der Waals surface area contributed by atoms with E-state index in [1.807, 2.05) is 0 Å². The van der Waals surface area contributed by atoms with Crippen molar-refractivity contribution < 1.29 is 29.1 Å². The lowest BCUT2D eigenvalue weighted by Crippen LogP contribution is -2.24. The van der Waals surface area contributed by atoms with Gasteiger partial charge in [0.05, 0.1) is 19.2 Å². The minimum atomic E-state index is -4.56. The van der Waals surface area contributed by atoms with Crippen LogP contribution in [0.3, 0.4) is 0 Å². The minimum absolute atomic E-state index is 0.206. The zero-order valence-corrected chi connectivity index (χ0v) is 17.8. The molecule has 0 aromatic carbocycles. The summed E-state index contributed by atoms with van der Waals surface area (Å²) in [6.07, 6.45) is 17.1. The molecule has 0 atom stereocenters. The monoisotopic (exact) mass is 418 g/mol. The molecule has 0 saturated heterocycles. The zero-order valence-electron chi connectivity index (χ0n) is 16.9. The van der Waals surface area contributed by atoms with Crippen LogP contribution in [0.1, 0.15) is 84.0 Å². The molecule has 0 spiro atoms. The van der Waals surface area contributed by atoms with Gasteiger partial charge in [0.1, 0.15) is 0 Å². The van der Waals surface area contributed by atoms with Crippen molar-refractivity contribution in [3.63, 3.8) is 0 Å². The standard InChI is InChI=1S/C19H37N2O6P/c1-2-3-4-5-6-7-8-9-10-11-12-13-14-15-18(22)21-19(23)20-16-17-27-28(24,25)26/h7-8H,2-6,9-17H2,1H3,(H2,24,25,26)(H2,20,21,22,23)/p-2/b8-7-. The number of hydrogen-bond acceptors (Lipinski definition) is 5. The Kier molecular flexibility index (Phi) is 17.1. The van der Waals surface area contributed by atoms with E-state index < -0.39 is 26.3 Å². The Balaban J connectivity index is 3.62. The smallest absolute Gasteiger partial charge is 0.469 e. The van der Waals surface area contributed by atoms with E-state index in [0.717, 1.165) is 32.1 Å². The van der Waals surface area contributed by atoms with Crippen LogP contribution in [0.2, 0.25) is 0 Å². The molecule has 0 saturated carbocycles. The summed E-state index contributed by atoms with van der Waals surface area (Å²) in [5, 5.41) is 22.8. The molecule has 164 valence electrons. The van der Waals surface area contributed by atoms with Crippen LogP contribution in [-0.4, -0.2) is 34.9 Å². The molecule has 28 heavy (non-hydrogen) atoms. The largest absolute Gasteiger partial charge is 0.862 e. The molecule has 0 aliphatic rings. The number of allylic oxidation sites excluding steroid dienone is 2. The maximum atomic E-state index is 11.5. The van der Waals surface area contributed by atoms with Gasteiger partial charge >= 0.3 is 7.82 Å². The Labute approximate surface area is 168 Å². The summed E-state index contributed by atoms with van der Waals surface area (Å²) in [6.45, 7) is 1.55. The highest BCUT2D eigenvalue weighted by atomic mass is 31.2.